The minimum absolute atomic E-state index is 0. The third-order valence-electron chi connectivity index (χ3n) is 6.46. The molecule has 0 saturated carbocycles. The number of amides is 2. The summed E-state index contributed by atoms with van der Waals surface area (Å²) < 4.78 is 0. The zero-order valence-corrected chi connectivity index (χ0v) is 32.8. The molecule has 0 aliphatic rings. The summed E-state index contributed by atoms with van der Waals surface area (Å²) in [6.07, 6.45) is -0.336. The number of azo groups is 2. The van der Waals surface area contributed by atoms with Gasteiger partial charge in [0.2, 0.25) is 0 Å². The first kappa shape index (κ1) is 46.5. The fourth-order valence-electron chi connectivity index (χ4n) is 3.85. The van der Waals surface area contributed by atoms with Gasteiger partial charge in [-0.15, -0.1) is 0 Å². The van der Waals surface area contributed by atoms with Crippen molar-refractivity contribution in [3.8, 4) is 11.5 Å². The van der Waals surface area contributed by atoms with E-state index in [9.17, 15) is 39.0 Å². The fraction of sp³-hybridized carbons (Fsp3) is 0.118. The van der Waals surface area contributed by atoms with Crippen LogP contribution in [0.15, 0.2) is 105 Å². The van der Waals surface area contributed by atoms with E-state index < -0.39 is 58.3 Å². The molecule has 0 bridgehead atoms. The van der Waals surface area contributed by atoms with E-state index >= 15 is 0 Å². The maximum Gasteiger partial charge on any atom is 1.00 e. The molecule has 4 aromatic rings. The van der Waals surface area contributed by atoms with Gasteiger partial charge in [0.1, 0.15) is 0 Å². The van der Waals surface area contributed by atoms with Gasteiger partial charge in [0.05, 0.1) is 46.7 Å². The van der Waals surface area contributed by atoms with Crippen LogP contribution < -0.4 is 80.0 Å². The predicted octanol–water partition coefficient (Wildman–Crippen LogP) is -1.84. The van der Waals surface area contributed by atoms with Crippen molar-refractivity contribution >= 4 is 58.4 Å². The Bertz CT molecular complexity index is 1880. The minimum atomic E-state index is -1.34. The summed E-state index contributed by atoms with van der Waals surface area (Å²) in [5, 5.41) is 78.1. The molecule has 2 amide bonds. The van der Waals surface area contributed by atoms with Gasteiger partial charge in [-0.3, -0.25) is 19.2 Å². The van der Waals surface area contributed by atoms with E-state index in [1.165, 1.54) is 60.7 Å². The number of hydrogen-bond donors (Lipinski definition) is 6. The summed E-state index contributed by atoms with van der Waals surface area (Å²) in [6, 6.07) is 19.2. The normalized spacial score (nSPS) is 10.2. The summed E-state index contributed by atoms with van der Waals surface area (Å²) in [5.41, 5.74) is 1.11. The van der Waals surface area contributed by atoms with Gasteiger partial charge in [0, 0.05) is 24.2 Å². The molecule has 268 valence electrons. The third kappa shape index (κ3) is 15.6. The SMILES string of the molecule is O=C(O)CCNC(=O)c1ccc(N=Nc2ccc([O-])c(C(=O)O)c2)cc1.O=C(O)CCNC(=O)c1ccc(N=Nc2ccc([O-])c(C(=O)O)c2)cc1.[Na+].[Na+]. The molecule has 4 aromatic carbocycles. The molecule has 0 saturated heterocycles. The van der Waals surface area contributed by atoms with E-state index in [0.29, 0.717) is 22.5 Å². The summed E-state index contributed by atoms with van der Waals surface area (Å²) in [4.78, 5) is 66.3. The molecular formula is C34H28N6Na2O12. The van der Waals surface area contributed by atoms with Gasteiger partial charge < -0.3 is 41.3 Å². The Morgan fingerprint density at radius 1 is 0.481 bits per heavy atom. The summed E-state index contributed by atoms with van der Waals surface area (Å²) in [7, 11) is 0. The van der Waals surface area contributed by atoms with Gasteiger partial charge >= 0.3 is 83.0 Å². The summed E-state index contributed by atoms with van der Waals surface area (Å²) in [6.45, 7) is 0.0501. The first-order valence-electron chi connectivity index (χ1n) is 14.9. The maximum absolute atomic E-state index is 11.8. The quantitative estimate of drug-likeness (QED) is 0.0611. The van der Waals surface area contributed by atoms with Crippen LogP contribution in [0, 0.1) is 0 Å². The predicted molar refractivity (Wildman–Crippen MR) is 176 cm³/mol. The third-order valence-corrected chi connectivity index (χ3v) is 6.46. The molecular weight excluding hydrogens is 730 g/mol. The van der Waals surface area contributed by atoms with Gasteiger partial charge in [0.25, 0.3) is 11.8 Å². The van der Waals surface area contributed by atoms with Crippen LogP contribution in [0.5, 0.6) is 11.5 Å². The van der Waals surface area contributed by atoms with Gasteiger partial charge in [-0.1, -0.05) is 23.6 Å². The first-order valence-corrected chi connectivity index (χ1v) is 14.9. The van der Waals surface area contributed by atoms with Gasteiger partial charge in [-0.05, 0) is 72.8 Å². The molecule has 0 spiro atoms. The molecule has 54 heavy (non-hydrogen) atoms. The molecule has 0 radical (unpaired) electrons. The van der Waals surface area contributed by atoms with Crippen LogP contribution in [0.25, 0.3) is 0 Å². The maximum atomic E-state index is 11.8. The van der Waals surface area contributed by atoms with Crippen LogP contribution in [0.2, 0.25) is 0 Å². The minimum Gasteiger partial charge on any atom is -0.872 e. The topological polar surface area (TPSA) is 303 Å². The van der Waals surface area contributed by atoms with Crippen LogP contribution in [0.3, 0.4) is 0 Å². The van der Waals surface area contributed by atoms with Gasteiger partial charge in [0.15, 0.2) is 0 Å². The number of carboxylic acids is 4. The van der Waals surface area contributed by atoms with E-state index in [-0.39, 0.29) is 96.4 Å². The van der Waals surface area contributed by atoms with Gasteiger partial charge in [-0.2, -0.15) is 20.5 Å². The number of benzene rings is 4. The van der Waals surface area contributed by atoms with Gasteiger partial charge in [-0.25, -0.2) is 9.59 Å². The number of carboxylic acid groups (broad SMARTS) is 4. The second-order valence-corrected chi connectivity index (χ2v) is 10.3. The molecule has 6 N–H and O–H groups in total. The Kier molecular flexibility index (Phi) is 20.0. The number of nitrogens with zero attached hydrogens (tertiary/aromatic N) is 4. The standard InChI is InChI=1S/2C17H15N3O6.2Na/c2*21-14-6-5-12(9-13(14)17(25)26)20-19-11-3-1-10(2-4-11)16(24)18-8-7-15(22)23;;/h2*1-6,9,21H,7-8H2,(H,18,24)(H,22,23)(H,25,26);;/q;;2*+1/p-2. The molecule has 0 unspecified atom stereocenters. The molecule has 0 aliphatic carbocycles. The van der Waals surface area contributed by atoms with Crippen LogP contribution >= 0.6 is 0 Å². The molecule has 0 aromatic heterocycles. The zero-order valence-electron chi connectivity index (χ0n) is 28.8. The van der Waals surface area contributed by atoms with E-state index in [1.807, 2.05) is 0 Å². The Morgan fingerprint density at radius 2 is 0.778 bits per heavy atom. The molecule has 0 fully saturated rings. The van der Waals surface area contributed by atoms with Crippen molar-refractivity contribution in [1.82, 2.24) is 10.6 Å². The number of aliphatic carboxylic acids is 2. The van der Waals surface area contributed by atoms with Crippen molar-refractivity contribution in [1.29, 1.82) is 0 Å². The Morgan fingerprint density at radius 3 is 1.07 bits per heavy atom. The molecule has 18 nitrogen and oxygen atoms in total. The number of carbonyl (C=O) groups excluding carboxylic acids is 2. The second kappa shape index (κ2) is 23.2. The van der Waals surface area contributed by atoms with Crippen molar-refractivity contribution in [3.63, 3.8) is 0 Å². The average Bonchev–Trinajstić information content (AvgIpc) is 3.11. The molecule has 20 heteroatoms. The summed E-state index contributed by atoms with van der Waals surface area (Å²) >= 11 is 0. The van der Waals surface area contributed by atoms with Crippen molar-refractivity contribution in [2.45, 2.75) is 12.8 Å². The first-order chi connectivity index (χ1) is 24.7. The van der Waals surface area contributed by atoms with Crippen LogP contribution in [0.1, 0.15) is 54.3 Å². The number of aromatic carboxylic acids is 2. The number of carbonyl (C=O) groups is 6. The summed E-state index contributed by atoms with van der Waals surface area (Å²) in [5.74, 6) is -6.74. The monoisotopic (exact) mass is 758 g/mol. The number of rotatable bonds is 14. The van der Waals surface area contributed by atoms with Crippen LogP contribution in [-0.2, 0) is 9.59 Å². The van der Waals surface area contributed by atoms with E-state index in [0.717, 1.165) is 24.3 Å². The van der Waals surface area contributed by atoms with E-state index in [4.69, 9.17) is 20.4 Å². The van der Waals surface area contributed by atoms with E-state index in [1.54, 1.807) is 0 Å². The Balaban J connectivity index is 0.000000521. The number of nitrogens with one attached hydrogen (secondary N) is 2. The van der Waals surface area contributed by atoms with Crippen LogP contribution in [-0.4, -0.2) is 69.2 Å². The smallest absolute Gasteiger partial charge is 0.872 e. The molecule has 4 rings (SSSR count). The van der Waals surface area contributed by atoms with Crippen molar-refractivity contribution < 1.29 is 119 Å². The Labute approximate surface area is 350 Å². The average molecular weight is 759 g/mol. The van der Waals surface area contributed by atoms with Crippen molar-refractivity contribution in [2.75, 3.05) is 13.1 Å². The van der Waals surface area contributed by atoms with Crippen molar-refractivity contribution in [3.05, 3.63) is 107 Å². The van der Waals surface area contributed by atoms with Crippen molar-refractivity contribution in [2.24, 2.45) is 20.5 Å². The zero-order chi connectivity index (χ0) is 38.2. The molecule has 0 atom stereocenters. The fourth-order valence-corrected chi connectivity index (χ4v) is 3.85. The number of hydrogen-bond acceptors (Lipinski definition) is 12. The second-order valence-electron chi connectivity index (χ2n) is 10.3. The molecule has 0 heterocycles. The Hall–Kier alpha value is -5.50. The molecule has 0 aliphatic heterocycles. The van der Waals surface area contributed by atoms with E-state index in [2.05, 4.69) is 31.1 Å². The largest absolute Gasteiger partial charge is 1.00 e. The van der Waals surface area contributed by atoms with Crippen LogP contribution in [0.4, 0.5) is 22.7 Å².